The molecule has 4 nitrogen and oxygen atoms in total. The van der Waals surface area contributed by atoms with Gasteiger partial charge in [-0.1, -0.05) is 36.4 Å². The highest BCUT2D eigenvalue weighted by atomic mass is 16.5. The number of esters is 2. The van der Waals surface area contributed by atoms with Crippen LogP contribution < -0.4 is 0 Å². The molecule has 0 radical (unpaired) electrons. The van der Waals surface area contributed by atoms with E-state index in [4.69, 9.17) is 9.47 Å². The van der Waals surface area contributed by atoms with E-state index in [2.05, 4.69) is 18.7 Å². The molecule has 0 N–H and O–H groups in total. The molecule has 0 spiro atoms. The van der Waals surface area contributed by atoms with Crippen LogP contribution in [0.3, 0.4) is 0 Å². The normalized spacial score (nSPS) is 20.0. The minimum absolute atomic E-state index is 0.227. The maximum atomic E-state index is 11.2. The van der Waals surface area contributed by atoms with E-state index in [-0.39, 0.29) is 24.5 Å². The predicted octanol–water partition coefficient (Wildman–Crippen LogP) is 4.27. The molecule has 0 bridgehead atoms. The van der Waals surface area contributed by atoms with Crippen molar-refractivity contribution in [2.75, 3.05) is 0 Å². The number of benzene rings is 1. The summed E-state index contributed by atoms with van der Waals surface area (Å²) in [5, 5.41) is 0. The van der Waals surface area contributed by atoms with Gasteiger partial charge in [-0.2, -0.15) is 0 Å². The van der Waals surface area contributed by atoms with E-state index in [9.17, 15) is 9.59 Å². The van der Waals surface area contributed by atoms with Crippen molar-refractivity contribution in [2.24, 2.45) is 5.92 Å². The van der Waals surface area contributed by atoms with E-state index >= 15 is 0 Å². The van der Waals surface area contributed by atoms with Crippen molar-refractivity contribution in [3.63, 3.8) is 0 Å². The second kappa shape index (κ2) is 7.95. The Bertz CT molecular complexity index is 655. The van der Waals surface area contributed by atoms with Crippen LogP contribution in [0.1, 0.15) is 50.7 Å². The number of hydrogen-bond donors (Lipinski definition) is 0. The zero-order valence-electron chi connectivity index (χ0n) is 14.5. The molecule has 0 saturated carbocycles. The molecule has 1 aliphatic carbocycles. The van der Waals surface area contributed by atoms with Crippen molar-refractivity contribution in [3.05, 3.63) is 59.4 Å². The summed E-state index contributed by atoms with van der Waals surface area (Å²) in [6.45, 7) is 9.25. The molecule has 1 aliphatic rings. The molecule has 0 saturated heterocycles. The number of carbonyl (C=O) groups excluding carboxylic acids is 2. The van der Waals surface area contributed by atoms with Gasteiger partial charge in [0.2, 0.25) is 0 Å². The van der Waals surface area contributed by atoms with Gasteiger partial charge in [0.1, 0.15) is 12.4 Å². The molecular weight excluding hydrogens is 304 g/mol. The van der Waals surface area contributed by atoms with E-state index in [0.717, 1.165) is 23.3 Å². The fraction of sp³-hybridized carbons (Fsp3) is 0.400. The van der Waals surface area contributed by atoms with Crippen LogP contribution >= 0.6 is 0 Å². The van der Waals surface area contributed by atoms with Gasteiger partial charge in [0, 0.05) is 20.3 Å². The van der Waals surface area contributed by atoms with Crippen molar-refractivity contribution in [2.45, 2.75) is 46.1 Å². The van der Waals surface area contributed by atoms with Gasteiger partial charge >= 0.3 is 11.9 Å². The van der Waals surface area contributed by atoms with E-state index in [1.165, 1.54) is 19.4 Å². The Balaban J connectivity index is 2.16. The maximum absolute atomic E-state index is 11.2. The standard InChI is InChI=1S/C20H24O4/c1-13(2)19-10-9-18(24-15(4)22)11-20(19)17-7-5-16(6-8-17)12-23-14(3)21/h5-9,19-20H,1,10-12H2,2-4H3/t19-,20-/m0/s1. The summed E-state index contributed by atoms with van der Waals surface area (Å²) in [6.07, 6.45) is 3.49. The monoisotopic (exact) mass is 328 g/mol. The molecule has 0 aliphatic heterocycles. The first-order valence-corrected chi connectivity index (χ1v) is 8.12. The smallest absolute Gasteiger partial charge is 0.307 e. The lowest BCUT2D eigenvalue weighted by atomic mass is 9.75. The van der Waals surface area contributed by atoms with E-state index < -0.39 is 0 Å². The number of hydrogen-bond acceptors (Lipinski definition) is 4. The lowest BCUT2D eigenvalue weighted by Crippen LogP contribution is -2.20. The molecule has 2 atom stereocenters. The van der Waals surface area contributed by atoms with E-state index in [1.807, 2.05) is 25.1 Å². The summed E-state index contributed by atoms with van der Waals surface area (Å²) in [5.41, 5.74) is 3.25. The molecule has 0 aromatic heterocycles. The molecule has 24 heavy (non-hydrogen) atoms. The van der Waals surface area contributed by atoms with Crippen LogP contribution in [0.5, 0.6) is 0 Å². The first-order chi connectivity index (χ1) is 11.4. The summed E-state index contributed by atoms with van der Waals surface area (Å²) < 4.78 is 10.3. The van der Waals surface area contributed by atoms with Gasteiger partial charge in [-0.05, 0) is 42.4 Å². The molecule has 1 aromatic rings. The topological polar surface area (TPSA) is 52.6 Å². The van der Waals surface area contributed by atoms with Crippen LogP contribution in [0.15, 0.2) is 48.3 Å². The van der Waals surface area contributed by atoms with Crippen LogP contribution in [0, 0.1) is 5.92 Å². The minimum atomic E-state index is -0.287. The van der Waals surface area contributed by atoms with Gasteiger partial charge in [-0.3, -0.25) is 9.59 Å². The van der Waals surface area contributed by atoms with Gasteiger partial charge in [-0.15, -0.1) is 0 Å². The quantitative estimate of drug-likeness (QED) is 0.598. The van der Waals surface area contributed by atoms with Crippen molar-refractivity contribution < 1.29 is 19.1 Å². The average molecular weight is 328 g/mol. The summed E-state index contributed by atoms with van der Waals surface area (Å²) in [4.78, 5) is 22.1. The van der Waals surface area contributed by atoms with Crippen LogP contribution in [-0.4, -0.2) is 11.9 Å². The zero-order valence-corrected chi connectivity index (χ0v) is 14.5. The van der Waals surface area contributed by atoms with E-state index in [0.29, 0.717) is 12.3 Å². The Morgan fingerprint density at radius 3 is 2.33 bits per heavy atom. The van der Waals surface area contributed by atoms with Crippen molar-refractivity contribution in [1.29, 1.82) is 0 Å². The van der Waals surface area contributed by atoms with E-state index in [1.54, 1.807) is 0 Å². The molecular formula is C20H24O4. The van der Waals surface area contributed by atoms with Gasteiger partial charge in [0.15, 0.2) is 0 Å². The van der Waals surface area contributed by atoms with Crippen LogP contribution in [0.4, 0.5) is 0 Å². The predicted molar refractivity (Wildman–Crippen MR) is 92.0 cm³/mol. The molecule has 2 rings (SSSR count). The number of ether oxygens (including phenoxy) is 2. The molecule has 0 amide bonds. The first kappa shape index (κ1) is 18.0. The van der Waals surface area contributed by atoms with Crippen LogP contribution in [0.25, 0.3) is 0 Å². The fourth-order valence-corrected chi connectivity index (χ4v) is 3.07. The SMILES string of the molecule is C=C(C)[C@@H]1CC=C(OC(C)=O)C[C@H]1c1ccc(COC(C)=O)cc1. The Morgan fingerprint density at radius 2 is 1.79 bits per heavy atom. The number of carbonyl (C=O) groups is 2. The molecule has 0 heterocycles. The number of rotatable bonds is 5. The Labute approximate surface area is 143 Å². The van der Waals surface area contributed by atoms with Crippen molar-refractivity contribution >= 4 is 11.9 Å². The van der Waals surface area contributed by atoms with Crippen molar-refractivity contribution in [1.82, 2.24) is 0 Å². The Morgan fingerprint density at radius 1 is 1.12 bits per heavy atom. The molecule has 0 fully saturated rings. The molecule has 4 heteroatoms. The first-order valence-electron chi connectivity index (χ1n) is 8.12. The maximum Gasteiger partial charge on any atom is 0.307 e. The highest BCUT2D eigenvalue weighted by Crippen LogP contribution is 2.41. The van der Waals surface area contributed by atoms with Crippen molar-refractivity contribution in [3.8, 4) is 0 Å². The highest BCUT2D eigenvalue weighted by Gasteiger charge is 2.29. The Hall–Kier alpha value is -2.36. The summed E-state index contributed by atoms with van der Waals surface area (Å²) in [7, 11) is 0. The highest BCUT2D eigenvalue weighted by molar-refractivity contribution is 5.67. The number of allylic oxidation sites excluding steroid dienone is 3. The molecule has 0 unspecified atom stereocenters. The van der Waals surface area contributed by atoms with Gasteiger partial charge in [0.05, 0.1) is 0 Å². The van der Waals surface area contributed by atoms with Crippen LogP contribution in [0.2, 0.25) is 0 Å². The summed E-state index contributed by atoms with van der Waals surface area (Å²) >= 11 is 0. The second-order valence-electron chi connectivity index (χ2n) is 6.29. The molecule has 1 aromatic carbocycles. The van der Waals surface area contributed by atoms with Gasteiger partial charge in [-0.25, -0.2) is 0 Å². The van der Waals surface area contributed by atoms with Gasteiger partial charge < -0.3 is 9.47 Å². The van der Waals surface area contributed by atoms with Crippen LogP contribution in [-0.2, 0) is 25.7 Å². The third-order valence-corrected chi connectivity index (χ3v) is 4.26. The second-order valence-corrected chi connectivity index (χ2v) is 6.29. The third-order valence-electron chi connectivity index (χ3n) is 4.26. The minimum Gasteiger partial charge on any atom is -0.461 e. The lowest BCUT2D eigenvalue weighted by molar-refractivity contribution is -0.142. The third kappa shape index (κ3) is 4.82. The lowest BCUT2D eigenvalue weighted by Gasteiger charge is -2.31. The zero-order chi connectivity index (χ0) is 17.7. The fourth-order valence-electron chi connectivity index (χ4n) is 3.07. The Kier molecular flexibility index (Phi) is 5.96. The molecule has 128 valence electrons. The summed E-state index contributed by atoms with van der Waals surface area (Å²) in [5.74, 6) is 0.706. The van der Waals surface area contributed by atoms with Gasteiger partial charge in [0.25, 0.3) is 0 Å². The average Bonchev–Trinajstić information content (AvgIpc) is 2.52. The summed E-state index contributed by atoms with van der Waals surface area (Å²) in [6, 6.07) is 8.04. The largest absolute Gasteiger partial charge is 0.461 e.